The fourth-order valence-electron chi connectivity index (χ4n) is 2.45. The van der Waals surface area contributed by atoms with Crippen LogP contribution >= 0.6 is 26.6 Å². The van der Waals surface area contributed by atoms with Crippen molar-refractivity contribution in [2.24, 2.45) is 0 Å². The summed E-state index contributed by atoms with van der Waals surface area (Å²) in [5, 5.41) is -0.870. The number of ether oxygens (including phenoxy) is 1. The number of carbonyl (C=O) groups is 1. The van der Waals surface area contributed by atoms with Crippen LogP contribution < -0.4 is 9.64 Å². The molecule has 24 heavy (non-hydrogen) atoms. The van der Waals surface area contributed by atoms with Gasteiger partial charge in [-0.15, -0.1) is 0 Å². The van der Waals surface area contributed by atoms with Gasteiger partial charge < -0.3 is 9.64 Å². The van der Waals surface area contributed by atoms with Crippen LogP contribution in [-0.2, 0) is 13.8 Å². The van der Waals surface area contributed by atoms with Gasteiger partial charge in [0.05, 0.1) is 0 Å². The Morgan fingerprint density at radius 1 is 1.04 bits per heavy atom. The first-order chi connectivity index (χ1) is 11.3. The zero-order valence-electron chi connectivity index (χ0n) is 12.4. The van der Waals surface area contributed by atoms with E-state index in [9.17, 15) is 13.2 Å². The number of anilines is 1. The normalized spacial score (nSPS) is 18.0. The van der Waals surface area contributed by atoms with Crippen molar-refractivity contribution in [1.29, 1.82) is 0 Å². The lowest BCUT2D eigenvalue weighted by molar-refractivity contribution is -0.117. The number of halogens is 2. The minimum Gasteiger partial charge on any atom is -0.457 e. The number of hydrogen-bond donors (Lipinski definition) is 0. The van der Waals surface area contributed by atoms with Gasteiger partial charge in [-0.25, -0.2) is 8.42 Å². The summed E-state index contributed by atoms with van der Waals surface area (Å²) in [6.45, 7) is 0.0670. The number of nitrogens with zero attached hydrogens (tertiary/aromatic N) is 1. The maximum atomic E-state index is 12.0. The van der Waals surface area contributed by atoms with Crippen LogP contribution in [-0.4, -0.2) is 26.1 Å². The molecular formula is C16H13BrClNO4S. The van der Waals surface area contributed by atoms with Gasteiger partial charge in [0.15, 0.2) is 0 Å². The monoisotopic (exact) mass is 429 g/mol. The summed E-state index contributed by atoms with van der Waals surface area (Å²) in [5.41, 5.74) is 0.617. The molecule has 0 saturated carbocycles. The molecule has 2 aromatic carbocycles. The Morgan fingerprint density at radius 2 is 1.58 bits per heavy atom. The molecule has 1 saturated heterocycles. The molecular weight excluding hydrogens is 418 g/mol. The number of benzene rings is 2. The van der Waals surface area contributed by atoms with E-state index in [4.69, 9.17) is 15.4 Å². The summed E-state index contributed by atoms with van der Waals surface area (Å²) in [5.74, 6) is 1.05. The molecule has 1 fully saturated rings. The van der Waals surface area contributed by atoms with Gasteiger partial charge in [-0.3, -0.25) is 4.79 Å². The van der Waals surface area contributed by atoms with Crippen LogP contribution in [0.15, 0.2) is 53.0 Å². The second kappa shape index (κ2) is 6.74. The summed E-state index contributed by atoms with van der Waals surface area (Å²) in [6, 6.07) is 14.3. The van der Waals surface area contributed by atoms with E-state index in [1.54, 1.807) is 24.3 Å². The van der Waals surface area contributed by atoms with Crippen molar-refractivity contribution in [1.82, 2.24) is 0 Å². The van der Waals surface area contributed by atoms with Crippen LogP contribution in [0.3, 0.4) is 0 Å². The lowest BCUT2D eigenvalue weighted by Crippen LogP contribution is -2.26. The predicted octanol–water partition coefficient (Wildman–Crippen LogP) is 3.92. The predicted molar refractivity (Wildman–Crippen MR) is 96.2 cm³/mol. The van der Waals surface area contributed by atoms with E-state index in [2.05, 4.69) is 15.9 Å². The summed E-state index contributed by atoms with van der Waals surface area (Å²) in [4.78, 5) is 13.4. The van der Waals surface area contributed by atoms with E-state index in [0.29, 0.717) is 17.2 Å². The topological polar surface area (TPSA) is 63.7 Å². The summed E-state index contributed by atoms with van der Waals surface area (Å²) in [7, 11) is 1.61. The van der Waals surface area contributed by atoms with E-state index in [1.165, 1.54) is 4.90 Å². The molecule has 1 aliphatic rings. The minimum absolute atomic E-state index is 0.0670. The molecule has 0 spiro atoms. The van der Waals surface area contributed by atoms with Crippen molar-refractivity contribution in [3.63, 3.8) is 0 Å². The molecule has 1 amide bonds. The molecule has 1 atom stereocenters. The van der Waals surface area contributed by atoms with Gasteiger partial charge in [-0.05, 0) is 48.5 Å². The fraction of sp³-hybridized carbons (Fsp3) is 0.188. The molecule has 5 nitrogen and oxygen atoms in total. The van der Waals surface area contributed by atoms with Crippen molar-refractivity contribution in [3.8, 4) is 11.5 Å². The molecule has 0 aliphatic carbocycles. The second-order valence-corrected chi connectivity index (χ2v) is 9.18. The molecule has 8 heteroatoms. The Morgan fingerprint density at radius 3 is 2.08 bits per heavy atom. The summed E-state index contributed by atoms with van der Waals surface area (Å²) in [6.07, 6.45) is -0.0943. The van der Waals surface area contributed by atoms with Gasteiger partial charge in [0, 0.05) is 33.8 Å². The van der Waals surface area contributed by atoms with Crippen LogP contribution in [0.4, 0.5) is 5.69 Å². The van der Waals surface area contributed by atoms with E-state index < -0.39 is 14.3 Å². The Balaban J connectivity index is 1.73. The Bertz CT molecular complexity index is 853. The highest BCUT2D eigenvalue weighted by atomic mass is 79.9. The molecule has 1 unspecified atom stereocenters. The molecule has 3 rings (SSSR count). The molecule has 1 aliphatic heterocycles. The van der Waals surface area contributed by atoms with Crippen LogP contribution in [0, 0.1) is 0 Å². The van der Waals surface area contributed by atoms with Crippen molar-refractivity contribution in [2.45, 2.75) is 11.7 Å². The van der Waals surface area contributed by atoms with Crippen molar-refractivity contribution in [3.05, 3.63) is 53.0 Å². The third-order valence-corrected chi connectivity index (χ3v) is 6.08. The average molecular weight is 431 g/mol. The molecule has 0 radical (unpaired) electrons. The Hall–Kier alpha value is -1.57. The quantitative estimate of drug-likeness (QED) is 0.690. The molecule has 0 N–H and O–H groups in total. The summed E-state index contributed by atoms with van der Waals surface area (Å²) < 4.78 is 29.5. The molecule has 126 valence electrons. The van der Waals surface area contributed by atoms with E-state index >= 15 is 0 Å². The van der Waals surface area contributed by atoms with Gasteiger partial charge in [0.1, 0.15) is 16.7 Å². The first kappa shape index (κ1) is 17.3. The SMILES string of the molecule is O=C1CC(S(=O)(=O)Cl)CN1c1ccc(Oc2ccc(Br)cc2)cc1. The van der Waals surface area contributed by atoms with Gasteiger partial charge in [0.25, 0.3) is 0 Å². The number of carbonyl (C=O) groups excluding carboxylic acids is 1. The molecule has 1 heterocycles. The third kappa shape index (κ3) is 3.91. The fourth-order valence-corrected chi connectivity index (χ4v) is 3.74. The number of hydrogen-bond acceptors (Lipinski definition) is 4. The lowest BCUT2D eigenvalue weighted by atomic mass is 10.2. The van der Waals surface area contributed by atoms with E-state index in [0.717, 1.165) is 4.47 Å². The molecule has 2 aromatic rings. The highest BCUT2D eigenvalue weighted by Gasteiger charge is 2.37. The Kier molecular flexibility index (Phi) is 4.85. The van der Waals surface area contributed by atoms with Crippen molar-refractivity contribution < 1.29 is 17.9 Å². The average Bonchev–Trinajstić information content (AvgIpc) is 2.93. The van der Waals surface area contributed by atoms with Crippen molar-refractivity contribution in [2.75, 3.05) is 11.4 Å². The van der Waals surface area contributed by atoms with E-state index in [-0.39, 0.29) is 18.9 Å². The lowest BCUT2D eigenvalue weighted by Gasteiger charge is -2.16. The zero-order valence-corrected chi connectivity index (χ0v) is 15.5. The highest BCUT2D eigenvalue weighted by molar-refractivity contribution is 9.10. The van der Waals surface area contributed by atoms with Crippen LogP contribution in [0.1, 0.15) is 6.42 Å². The minimum atomic E-state index is -3.75. The van der Waals surface area contributed by atoms with Gasteiger partial charge >= 0.3 is 0 Å². The molecule has 0 bridgehead atoms. The zero-order chi connectivity index (χ0) is 17.3. The van der Waals surface area contributed by atoms with Crippen LogP contribution in [0.5, 0.6) is 11.5 Å². The second-order valence-electron chi connectivity index (χ2n) is 5.36. The largest absolute Gasteiger partial charge is 0.457 e. The Labute approximate surface area is 152 Å². The van der Waals surface area contributed by atoms with Crippen LogP contribution in [0.25, 0.3) is 0 Å². The first-order valence-electron chi connectivity index (χ1n) is 7.10. The van der Waals surface area contributed by atoms with Crippen LogP contribution in [0.2, 0.25) is 0 Å². The van der Waals surface area contributed by atoms with Gasteiger partial charge in [0.2, 0.25) is 15.0 Å². The number of rotatable bonds is 4. The third-order valence-electron chi connectivity index (χ3n) is 3.69. The smallest absolute Gasteiger partial charge is 0.237 e. The van der Waals surface area contributed by atoms with Gasteiger partial charge in [-0.1, -0.05) is 15.9 Å². The summed E-state index contributed by atoms with van der Waals surface area (Å²) >= 11 is 3.36. The van der Waals surface area contributed by atoms with E-state index in [1.807, 2.05) is 24.3 Å². The standard InChI is InChI=1S/C16H13BrClNO4S/c17-11-1-5-13(6-2-11)23-14-7-3-12(4-8-14)19-10-15(9-16(19)20)24(18,21)22/h1-8,15H,9-10H2. The maximum absolute atomic E-state index is 12.0. The molecule has 0 aromatic heterocycles. The van der Waals surface area contributed by atoms with Gasteiger partial charge in [-0.2, -0.15) is 0 Å². The first-order valence-corrected chi connectivity index (χ1v) is 10.3. The maximum Gasteiger partial charge on any atom is 0.237 e. The van der Waals surface area contributed by atoms with Crippen molar-refractivity contribution >= 4 is 47.3 Å². The number of amides is 1. The highest BCUT2D eigenvalue weighted by Crippen LogP contribution is 2.29.